The van der Waals surface area contributed by atoms with E-state index < -0.39 is 0 Å². The highest BCUT2D eigenvalue weighted by molar-refractivity contribution is 5.92. The molecule has 0 spiro atoms. The van der Waals surface area contributed by atoms with Crippen LogP contribution in [0.5, 0.6) is 0 Å². The summed E-state index contributed by atoms with van der Waals surface area (Å²) in [5.74, 6) is -0.0164. The van der Waals surface area contributed by atoms with E-state index in [-0.39, 0.29) is 5.91 Å². The van der Waals surface area contributed by atoms with Crippen molar-refractivity contribution in [3.63, 3.8) is 0 Å². The van der Waals surface area contributed by atoms with Crippen LogP contribution in [0.25, 0.3) is 0 Å². The van der Waals surface area contributed by atoms with Crippen molar-refractivity contribution < 1.29 is 4.79 Å². The highest BCUT2D eigenvalue weighted by atomic mass is 16.1. The van der Waals surface area contributed by atoms with Crippen LogP contribution in [-0.2, 0) is 17.8 Å². The molecule has 0 bridgehead atoms. The summed E-state index contributed by atoms with van der Waals surface area (Å²) >= 11 is 0. The number of benzene rings is 2. The van der Waals surface area contributed by atoms with Gasteiger partial charge < -0.3 is 10.6 Å². The summed E-state index contributed by atoms with van der Waals surface area (Å²) in [6.07, 6.45) is 3.96. The summed E-state index contributed by atoms with van der Waals surface area (Å²) in [5, 5.41) is 6.23. The van der Waals surface area contributed by atoms with Crippen molar-refractivity contribution in [2.75, 3.05) is 10.6 Å². The van der Waals surface area contributed by atoms with Crippen LogP contribution in [0.1, 0.15) is 11.1 Å². The van der Waals surface area contributed by atoms with Gasteiger partial charge in [0.1, 0.15) is 0 Å². The lowest BCUT2D eigenvalue weighted by atomic mass is 10.1. The molecule has 0 unspecified atom stereocenters. The number of carbonyl (C=O) groups excluding carboxylic acids is 1. The molecular weight excluding hydrogens is 298 g/mol. The summed E-state index contributed by atoms with van der Waals surface area (Å²) in [4.78, 5) is 16.1. The molecule has 3 rings (SSSR count). The first-order valence-electron chi connectivity index (χ1n) is 7.86. The molecule has 0 saturated carbocycles. The Balaban J connectivity index is 1.51. The molecule has 24 heavy (non-hydrogen) atoms. The van der Waals surface area contributed by atoms with Crippen LogP contribution in [-0.4, -0.2) is 10.9 Å². The van der Waals surface area contributed by atoms with Crippen LogP contribution in [0.3, 0.4) is 0 Å². The molecule has 1 amide bonds. The third-order valence-electron chi connectivity index (χ3n) is 3.60. The fourth-order valence-electron chi connectivity index (χ4n) is 2.36. The molecule has 2 N–H and O–H groups in total. The Morgan fingerprint density at radius 1 is 0.833 bits per heavy atom. The molecule has 0 radical (unpaired) electrons. The Kier molecular flexibility index (Phi) is 5.20. The van der Waals surface area contributed by atoms with Crippen LogP contribution in [0.4, 0.5) is 11.4 Å². The van der Waals surface area contributed by atoms with E-state index in [9.17, 15) is 4.79 Å². The lowest BCUT2D eigenvalue weighted by molar-refractivity contribution is -0.115. The maximum absolute atomic E-state index is 12.0. The second kappa shape index (κ2) is 7.92. The number of amides is 1. The molecule has 4 heteroatoms. The van der Waals surface area contributed by atoms with Crippen LogP contribution < -0.4 is 10.6 Å². The molecule has 2 aromatic carbocycles. The number of nitrogens with one attached hydrogen (secondary N) is 2. The molecule has 0 aliphatic carbocycles. The number of carbonyl (C=O) groups is 1. The van der Waals surface area contributed by atoms with Crippen molar-refractivity contribution in [2.24, 2.45) is 0 Å². The minimum Gasteiger partial charge on any atom is -0.381 e. The van der Waals surface area contributed by atoms with Crippen LogP contribution in [0.15, 0.2) is 79.1 Å². The number of rotatable bonds is 6. The van der Waals surface area contributed by atoms with Gasteiger partial charge in [0.05, 0.1) is 6.42 Å². The van der Waals surface area contributed by atoms with Crippen molar-refractivity contribution in [3.05, 3.63) is 90.3 Å². The molecule has 0 aliphatic rings. The maximum Gasteiger partial charge on any atom is 0.228 e. The average Bonchev–Trinajstić information content (AvgIpc) is 2.63. The predicted molar refractivity (Wildman–Crippen MR) is 96.8 cm³/mol. The van der Waals surface area contributed by atoms with E-state index in [1.807, 2.05) is 72.9 Å². The second-order valence-corrected chi connectivity index (χ2v) is 5.50. The number of nitrogens with zero attached hydrogens (tertiary/aromatic N) is 1. The number of hydrogen-bond acceptors (Lipinski definition) is 3. The topological polar surface area (TPSA) is 54.0 Å². The molecule has 1 aromatic heterocycles. The average molecular weight is 317 g/mol. The number of pyridine rings is 1. The minimum atomic E-state index is -0.0164. The largest absolute Gasteiger partial charge is 0.381 e. The number of aromatic nitrogens is 1. The molecule has 0 fully saturated rings. The number of para-hydroxylation sites is 1. The van der Waals surface area contributed by atoms with E-state index in [0.29, 0.717) is 6.42 Å². The van der Waals surface area contributed by atoms with E-state index in [4.69, 9.17) is 0 Å². The fourth-order valence-corrected chi connectivity index (χ4v) is 2.36. The van der Waals surface area contributed by atoms with E-state index in [2.05, 4.69) is 15.6 Å². The van der Waals surface area contributed by atoms with Crippen LogP contribution >= 0.6 is 0 Å². The SMILES string of the molecule is O=C(Cc1ccc(NCc2cccnc2)cc1)Nc1ccccc1. The summed E-state index contributed by atoms with van der Waals surface area (Å²) in [5.41, 5.74) is 3.95. The van der Waals surface area contributed by atoms with Crippen molar-refractivity contribution in [1.82, 2.24) is 4.98 Å². The second-order valence-electron chi connectivity index (χ2n) is 5.50. The van der Waals surface area contributed by atoms with Gasteiger partial charge in [0, 0.05) is 30.3 Å². The summed E-state index contributed by atoms with van der Waals surface area (Å²) in [6.45, 7) is 0.724. The molecule has 0 saturated heterocycles. The molecule has 0 atom stereocenters. The lowest BCUT2D eigenvalue weighted by Gasteiger charge is -2.08. The first-order chi connectivity index (χ1) is 11.8. The van der Waals surface area contributed by atoms with Gasteiger partial charge in [-0.15, -0.1) is 0 Å². The lowest BCUT2D eigenvalue weighted by Crippen LogP contribution is -2.14. The molecule has 0 aliphatic heterocycles. The third-order valence-corrected chi connectivity index (χ3v) is 3.60. The van der Waals surface area contributed by atoms with Gasteiger partial charge in [-0.1, -0.05) is 36.4 Å². The van der Waals surface area contributed by atoms with Crippen molar-refractivity contribution >= 4 is 17.3 Å². The van der Waals surface area contributed by atoms with Gasteiger partial charge >= 0.3 is 0 Å². The normalized spacial score (nSPS) is 10.2. The van der Waals surface area contributed by atoms with Crippen LogP contribution in [0.2, 0.25) is 0 Å². The van der Waals surface area contributed by atoms with E-state index in [1.165, 1.54) is 0 Å². The Hall–Kier alpha value is -3.14. The zero-order valence-electron chi connectivity index (χ0n) is 13.3. The molecule has 4 nitrogen and oxygen atoms in total. The van der Waals surface area contributed by atoms with Gasteiger partial charge in [0.2, 0.25) is 5.91 Å². The molecule has 3 aromatic rings. The smallest absolute Gasteiger partial charge is 0.228 e. The van der Waals surface area contributed by atoms with Gasteiger partial charge in [-0.3, -0.25) is 9.78 Å². The first-order valence-corrected chi connectivity index (χ1v) is 7.86. The molecule has 1 heterocycles. The Labute approximate surface area is 141 Å². The van der Waals surface area contributed by atoms with E-state index in [0.717, 1.165) is 29.0 Å². The highest BCUT2D eigenvalue weighted by Gasteiger charge is 2.04. The summed E-state index contributed by atoms with van der Waals surface area (Å²) in [6, 6.07) is 21.3. The van der Waals surface area contributed by atoms with Crippen LogP contribution in [0, 0.1) is 0 Å². The number of hydrogen-bond donors (Lipinski definition) is 2. The standard InChI is InChI=1S/C20H19N3O/c24-20(23-19-6-2-1-3-7-19)13-16-8-10-18(11-9-16)22-15-17-5-4-12-21-14-17/h1-12,14,22H,13,15H2,(H,23,24). The van der Waals surface area contributed by atoms with E-state index >= 15 is 0 Å². The van der Waals surface area contributed by atoms with Gasteiger partial charge in [0.15, 0.2) is 0 Å². The van der Waals surface area contributed by atoms with Gasteiger partial charge in [-0.25, -0.2) is 0 Å². The Bertz CT molecular complexity index is 771. The molecular formula is C20H19N3O. The summed E-state index contributed by atoms with van der Waals surface area (Å²) < 4.78 is 0. The van der Waals surface area contributed by atoms with Crippen molar-refractivity contribution in [3.8, 4) is 0 Å². The van der Waals surface area contributed by atoms with Crippen molar-refractivity contribution in [2.45, 2.75) is 13.0 Å². The first kappa shape index (κ1) is 15.7. The Morgan fingerprint density at radius 2 is 1.62 bits per heavy atom. The maximum atomic E-state index is 12.0. The zero-order chi connectivity index (χ0) is 16.6. The van der Waals surface area contributed by atoms with Crippen molar-refractivity contribution in [1.29, 1.82) is 0 Å². The third kappa shape index (κ3) is 4.68. The monoisotopic (exact) mass is 317 g/mol. The minimum absolute atomic E-state index is 0.0164. The zero-order valence-corrected chi connectivity index (χ0v) is 13.3. The predicted octanol–water partition coefficient (Wildman–Crippen LogP) is 3.87. The fraction of sp³-hybridized carbons (Fsp3) is 0.100. The Morgan fingerprint density at radius 3 is 2.33 bits per heavy atom. The highest BCUT2D eigenvalue weighted by Crippen LogP contribution is 2.12. The quantitative estimate of drug-likeness (QED) is 0.725. The van der Waals surface area contributed by atoms with Gasteiger partial charge in [-0.2, -0.15) is 0 Å². The summed E-state index contributed by atoms with van der Waals surface area (Å²) in [7, 11) is 0. The van der Waals surface area contributed by atoms with Gasteiger partial charge in [-0.05, 0) is 41.5 Å². The molecule has 120 valence electrons. The number of anilines is 2. The van der Waals surface area contributed by atoms with E-state index in [1.54, 1.807) is 6.20 Å². The van der Waals surface area contributed by atoms with Gasteiger partial charge in [0.25, 0.3) is 0 Å².